The van der Waals surface area contributed by atoms with Gasteiger partial charge in [0.1, 0.15) is 6.04 Å². The topological polar surface area (TPSA) is 64.7 Å². The first-order valence-corrected chi connectivity index (χ1v) is 9.03. The average molecular weight is 367 g/mol. The monoisotopic (exact) mass is 366 g/mol. The van der Waals surface area contributed by atoms with Gasteiger partial charge in [-0.15, -0.1) is 0 Å². The van der Waals surface area contributed by atoms with Crippen LogP contribution >= 0.6 is 11.6 Å². The second-order valence-electron chi connectivity index (χ2n) is 6.92. The number of hydrogen-bond donors (Lipinski definition) is 2. The van der Waals surface area contributed by atoms with Crippen LogP contribution in [-0.4, -0.2) is 61.0 Å². The molecule has 2 rings (SSSR count). The Bertz CT molecular complexity index is 600. The van der Waals surface area contributed by atoms with Crippen LogP contribution in [0.1, 0.15) is 20.3 Å². The second kappa shape index (κ2) is 9.06. The summed E-state index contributed by atoms with van der Waals surface area (Å²) in [5, 5.41) is 6.11. The molecule has 138 valence electrons. The lowest BCUT2D eigenvalue weighted by atomic mass is 10.0. The van der Waals surface area contributed by atoms with Gasteiger partial charge in [0, 0.05) is 36.9 Å². The minimum Gasteiger partial charge on any atom is -0.338 e. The summed E-state index contributed by atoms with van der Waals surface area (Å²) in [6.45, 7) is 7.19. The third-order valence-corrected chi connectivity index (χ3v) is 4.44. The summed E-state index contributed by atoms with van der Waals surface area (Å²) in [7, 11) is 2.05. The summed E-state index contributed by atoms with van der Waals surface area (Å²) in [5.41, 5.74) is 0.598. The Balaban J connectivity index is 1.98. The van der Waals surface area contributed by atoms with E-state index in [0.717, 1.165) is 13.1 Å². The average Bonchev–Trinajstić information content (AvgIpc) is 2.54. The molecule has 0 radical (unpaired) electrons. The summed E-state index contributed by atoms with van der Waals surface area (Å²) in [4.78, 5) is 29.2. The highest BCUT2D eigenvalue weighted by Gasteiger charge is 2.28. The predicted octanol–water partition coefficient (Wildman–Crippen LogP) is 2.65. The first-order chi connectivity index (χ1) is 11.8. The van der Waals surface area contributed by atoms with E-state index in [9.17, 15) is 9.59 Å². The maximum atomic E-state index is 12.8. The van der Waals surface area contributed by atoms with Crippen LogP contribution < -0.4 is 10.6 Å². The van der Waals surface area contributed by atoms with Crippen LogP contribution in [0.15, 0.2) is 24.3 Å². The van der Waals surface area contributed by atoms with Crippen molar-refractivity contribution in [2.24, 2.45) is 5.92 Å². The molecule has 0 unspecified atom stereocenters. The Hall–Kier alpha value is -1.79. The molecule has 1 heterocycles. The van der Waals surface area contributed by atoms with Crippen molar-refractivity contribution in [1.29, 1.82) is 0 Å². The van der Waals surface area contributed by atoms with Gasteiger partial charge >= 0.3 is 6.03 Å². The number of rotatable bonds is 5. The molecular weight excluding hydrogens is 340 g/mol. The largest absolute Gasteiger partial charge is 0.338 e. The molecule has 0 spiro atoms. The standard InChI is InChI=1S/C18H27ClN4O2/c1-13(2)11-16(17(24)23-9-7-22(3)8-10-23)21-18(25)20-15-6-4-5-14(19)12-15/h4-6,12-13,16H,7-11H2,1-3H3,(H2,20,21,25)/t16-/m1/s1. The van der Waals surface area contributed by atoms with Crippen molar-refractivity contribution < 1.29 is 9.59 Å². The van der Waals surface area contributed by atoms with Gasteiger partial charge in [0.15, 0.2) is 0 Å². The molecule has 1 aromatic rings. The van der Waals surface area contributed by atoms with Gasteiger partial charge < -0.3 is 20.4 Å². The van der Waals surface area contributed by atoms with Crippen LogP contribution in [0.2, 0.25) is 5.02 Å². The molecule has 1 aliphatic heterocycles. The van der Waals surface area contributed by atoms with Gasteiger partial charge in [-0.3, -0.25) is 4.79 Å². The number of carbonyl (C=O) groups excluding carboxylic acids is 2. The Morgan fingerprint density at radius 3 is 2.48 bits per heavy atom. The molecule has 0 aliphatic carbocycles. The smallest absolute Gasteiger partial charge is 0.319 e. The number of piperazine rings is 1. The van der Waals surface area contributed by atoms with Crippen molar-refractivity contribution in [3.05, 3.63) is 29.3 Å². The first kappa shape index (κ1) is 19.5. The van der Waals surface area contributed by atoms with Gasteiger partial charge in [0.2, 0.25) is 5.91 Å². The lowest BCUT2D eigenvalue weighted by molar-refractivity contribution is -0.135. The summed E-state index contributed by atoms with van der Waals surface area (Å²) in [6.07, 6.45) is 0.605. The van der Waals surface area contributed by atoms with E-state index in [1.165, 1.54) is 0 Å². The molecule has 1 saturated heterocycles. The third kappa shape index (κ3) is 6.21. The van der Waals surface area contributed by atoms with Crippen molar-refractivity contribution >= 4 is 29.2 Å². The van der Waals surface area contributed by atoms with Crippen LogP contribution in [0.5, 0.6) is 0 Å². The van der Waals surface area contributed by atoms with Crippen LogP contribution in [0, 0.1) is 5.92 Å². The van der Waals surface area contributed by atoms with E-state index in [2.05, 4.69) is 15.5 Å². The Kier molecular flexibility index (Phi) is 7.08. The van der Waals surface area contributed by atoms with Gasteiger partial charge in [-0.1, -0.05) is 31.5 Å². The van der Waals surface area contributed by atoms with E-state index >= 15 is 0 Å². The van der Waals surface area contributed by atoms with Crippen molar-refractivity contribution in [3.63, 3.8) is 0 Å². The highest BCUT2D eigenvalue weighted by atomic mass is 35.5. The second-order valence-corrected chi connectivity index (χ2v) is 7.36. The molecule has 7 heteroatoms. The molecule has 1 atom stereocenters. The highest BCUT2D eigenvalue weighted by Crippen LogP contribution is 2.15. The van der Waals surface area contributed by atoms with Gasteiger partial charge in [-0.2, -0.15) is 0 Å². The Labute approximate surface area is 154 Å². The number of hydrogen-bond acceptors (Lipinski definition) is 3. The molecule has 3 amide bonds. The maximum Gasteiger partial charge on any atom is 0.319 e. The predicted molar refractivity (Wildman–Crippen MR) is 101 cm³/mol. The SMILES string of the molecule is CC(C)C[C@@H](NC(=O)Nc1cccc(Cl)c1)C(=O)N1CCN(C)CC1. The number of anilines is 1. The summed E-state index contributed by atoms with van der Waals surface area (Å²) < 4.78 is 0. The molecule has 25 heavy (non-hydrogen) atoms. The number of nitrogens with one attached hydrogen (secondary N) is 2. The fraction of sp³-hybridized carbons (Fsp3) is 0.556. The fourth-order valence-corrected chi connectivity index (χ4v) is 3.02. The third-order valence-electron chi connectivity index (χ3n) is 4.21. The molecule has 1 fully saturated rings. The molecule has 0 bridgehead atoms. The molecule has 0 saturated carbocycles. The van der Waals surface area contributed by atoms with Crippen LogP contribution in [-0.2, 0) is 4.79 Å². The number of carbonyl (C=O) groups is 2. The zero-order valence-electron chi connectivity index (χ0n) is 15.1. The molecular formula is C18H27ClN4O2. The van der Waals surface area contributed by atoms with Crippen LogP contribution in [0.4, 0.5) is 10.5 Å². The molecule has 0 aromatic heterocycles. The Morgan fingerprint density at radius 2 is 1.88 bits per heavy atom. The normalized spacial score (nSPS) is 16.6. The van der Waals surface area contributed by atoms with Gasteiger partial charge in [-0.25, -0.2) is 4.79 Å². The minimum atomic E-state index is -0.525. The maximum absolute atomic E-state index is 12.8. The minimum absolute atomic E-state index is 0.0111. The fourth-order valence-electron chi connectivity index (χ4n) is 2.83. The van der Waals surface area contributed by atoms with Crippen molar-refractivity contribution in [1.82, 2.24) is 15.1 Å². The van der Waals surface area contributed by atoms with Crippen molar-refractivity contribution in [2.75, 3.05) is 38.5 Å². The van der Waals surface area contributed by atoms with Gasteiger partial charge in [-0.05, 0) is 37.6 Å². The van der Waals surface area contributed by atoms with E-state index in [4.69, 9.17) is 11.6 Å². The summed E-state index contributed by atoms with van der Waals surface area (Å²) >= 11 is 5.93. The van der Waals surface area contributed by atoms with Crippen LogP contribution in [0.3, 0.4) is 0 Å². The number of benzene rings is 1. The molecule has 2 N–H and O–H groups in total. The highest BCUT2D eigenvalue weighted by molar-refractivity contribution is 6.30. The van der Waals surface area contributed by atoms with E-state index in [1.807, 2.05) is 25.8 Å². The van der Waals surface area contributed by atoms with Crippen molar-refractivity contribution in [3.8, 4) is 0 Å². The van der Waals surface area contributed by atoms with Crippen LogP contribution in [0.25, 0.3) is 0 Å². The summed E-state index contributed by atoms with van der Waals surface area (Å²) in [5.74, 6) is 0.288. The number of urea groups is 1. The van der Waals surface area contributed by atoms with E-state index in [0.29, 0.717) is 36.1 Å². The molecule has 1 aliphatic rings. The first-order valence-electron chi connectivity index (χ1n) is 8.65. The number of likely N-dealkylation sites (N-methyl/N-ethyl adjacent to an activating group) is 1. The van der Waals surface area contributed by atoms with E-state index < -0.39 is 12.1 Å². The summed E-state index contributed by atoms with van der Waals surface area (Å²) in [6, 6.07) is 6.01. The number of amides is 3. The van der Waals surface area contributed by atoms with Gasteiger partial charge in [0.25, 0.3) is 0 Å². The molecule has 6 nitrogen and oxygen atoms in total. The van der Waals surface area contributed by atoms with Crippen molar-refractivity contribution in [2.45, 2.75) is 26.3 Å². The van der Waals surface area contributed by atoms with Gasteiger partial charge in [0.05, 0.1) is 0 Å². The van der Waals surface area contributed by atoms with E-state index in [-0.39, 0.29) is 5.91 Å². The quantitative estimate of drug-likeness (QED) is 0.842. The zero-order valence-corrected chi connectivity index (χ0v) is 15.8. The Morgan fingerprint density at radius 1 is 1.20 bits per heavy atom. The lowest BCUT2D eigenvalue weighted by Crippen LogP contribution is -2.55. The van der Waals surface area contributed by atoms with E-state index in [1.54, 1.807) is 24.3 Å². The lowest BCUT2D eigenvalue weighted by Gasteiger charge is -2.35. The number of halogens is 1. The molecule has 1 aromatic carbocycles. The zero-order chi connectivity index (χ0) is 18.4. The number of nitrogens with zero attached hydrogens (tertiary/aromatic N) is 2.